The third-order valence-corrected chi connectivity index (χ3v) is 6.84. The van der Waals surface area contributed by atoms with Crippen molar-refractivity contribution in [2.24, 2.45) is 0 Å². The maximum absolute atomic E-state index is 12.7. The molecule has 0 spiro atoms. The Morgan fingerprint density at radius 2 is 1.57 bits per heavy atom. The zero-order valence-corrected chi connectivity index (χ0v) is 21.4. The van der Waals surface area contributed by atoms with Gasteiger partial charge >= 0.3 is 0 Å². The smallest absolute Gasteiger partial charge is 0.269 e. The second-order valence-electron chi connectivity index (χ2n) is 8.50. The molecular formula is C29H24N4O3S. The second kappa shape index (κ2) is 11.0. The van der Waals surface area contributed by atoms with Crippen LogP contribution in [0.2, 0.25) is 0 Å². The van der Waals surface area contributed by atoms with Gasteiger partial charge in [-0.3, -0.25) is 14.9 Å². The van der Waals surface area contributed by atoms with Crippen LogP contribution < -0.4 is 5.32 Å². The van der Waals surface area contributed by atoms with Crippen LogP contribution in [0.1, 0.15) is 22.5 Å². The van der Waals surface area contributed by atoms with Crippen molar-refractivity contribution in [1.29, 1.82) is 5.26 Å². The van der Waals surface area contributed by atoms with E-state index in [1.54, 1.807) is 30.3 Å². The number of hydrogen-bond acceptors (Lipinski definition) is 5. The molecule has 0 unspecified atom stereocenters. The van der Waals surface area contributed by atoms with Crippen molar-refractivity contribution in [2.45, 2.75) is 30.6 Å². The fourth-order valence-electron chi connectivity index (χ4n) is 3.91. The second-order valence-corrected chi connectivity index (χ2v) is 9.65. The number of carbonyl (C=O) groups excluding carboxylic acids is 1. The van der Waals surface area contributed by atoms with Gasteiger partial charge in [0.05, 0.1) is 4.92 Å². The van der Waals surface area contributed by atoms with Gasteiger partial charge in [-0.15, -0.1) is 0 Å². The van der Waals surface area contributed by atoms with Gasteiger partial charge in [0, 0.05) is 44.7 Å². The van der Waals surface area contributed by atoms with E-state index in [-0.39, 0.29) is 11.3 Å². The Morgan fingerprint density at radius 1 is 0.973 bits per heavy atom. The molecule has 1 heterocycles. The van der Waals surface area contributed by atoms with E-state index in [2.05, 4.69) is 9.88 Å². The molecule has 37 heavy (non-hydrogen) atoms. The molecule has 7 nitrogen and oxygen atoms in total. The molecule has 0 fully saturated rings. The number of non-ortho nitro benzene ring substituents is 1. The van der Waals surface area contributed by atoms with Crippen LogP contribution in [0, 0.1) is 42.2 Å². The topological polar surface area (TPSA) is 101 Å². The lowest BCUT2D eigenvalue weighted by Crippen LogP contribution is -2.13. The molecule has 1 N–H and O–H groups in total. The Hall–Kier alpha value is -4.61. The summed E-state index contributed by atoms with van der Waals surface area (Å²) in [6, 6.07) is 25.8. The van der Waals surface area contributed by atoms with Gasteiger partial charge in [0.25, 0.3) is 11.6 Å². The first-order chi connectivity index (χ1) is 17.7. The summed E-state index contributed by atoms with van der Waals surface area (Å²) in [6.07, 6.45) is 1.61. The van der Waals surface area contributed by atoms with Gasteiger partial charge in [0.2, 0.25) is 0 Å². The number of nitrogens with zero attached hydrogens (tertiary/aromatic N) is 3. The van der Waals surface area contributed by atoms with Gasteiger partial charge < -0.3 is 9.88 Å². The molecule has 0 bridgehead atoms. The quantitative estimate of drug-likeness (QED) is 0.125. The first-order valence-electron chi connectivity index (χ1n) is 11.5. The largest absolute Gasteiger partial charge is 0.321 e. The predicted molar refractivity (Wildman–Crippen MR) is 146 cm³/mol. The van der Waals surface area contributed by atoms with Gasteiger partial charge in [-0.05, 0) is 87.0 Å². The van der Waals surface area contributed by atoms with Crippen LogP contribution in [-0.2, 0) is 4.79 Å². The molecule has 184 valence electrons. The molecule has 1 amide bonds. The standard InChI is InChI=1S/C29H24N4O3S/c1-19-4-6-24(7-5-19)31-29(34)23(18-30)17-22-16-20(2)32(21(22)3)25-8-12-27(13-9-25)37-28-14-10-26(11-15-28)33(35)36/h4-17H,1-3H3,(H,31,34)/b23-17-. The molecule has 0 aliphatic carbocycles. The molecule has 8 heteroatoms. The number of rotatable bonds is 7. The molecular weight excluding hydrogens is 484 g/mol. The van der Waals surface area contributed by atoms with Crippen LogP contribution in [-0.4, -0.2) is 15.4 Å². The summed E-state index contributed by atoms with van der Waals surface area (Å²) in [6.45, 7) is 5.89. The third-order valence-electron chi connectivity index (χ3n) is 5.82. The third kappa shape index (κ3) is 5.97. The minimum atomic E-state index is -0.455. The highest BCUT2D eigenvalue weighted by Crippen LogP contribution is 2.31. The van der Waals surface area contributed by atoms with Crippen LogP contribution in [0.3, 0.4) is 0 Å². The van der Waals surface area contributed by atoms with E-state index in [1.807, 2.05) is 69.3 Å². The van der Waals surface area contributed by atoms with E-state index in [9.17, 15) is 20.2 Å². The summed E-state index contributed by atoms with van der Waals surface area (Å²) in [7, 11) is 0. The van der Waals surface area contributed by atoms with Gasteiger partial charge in [0.15, 0.2) is 0 Å². The summed E-state index contributed by atoms with van der Waals surface area (Å²) in [5.74, 6) is -0.455. The van der Waals surface area contributed by atoms with Crippen LogP contribution >= 0.6 is 11.8 Å². The average Bonchev–Trinajstić information content (AvgIpc) is 3.17. The summed E-state index contributed by atoms with van der Waals surface area (Å²) in [5.41, 5.74) is 5.42. The number of nitro benzene ring substituents is 1. The number of amides is 1. The number of aryl methyl sites for hydroxylation is 2. The highest BCUT2D eigenvalue weighted by atomic mass is 32.2. The monoisotopic (exact) mass is 508 g/mol. The number of hydrogen-bond donors (Lipinski definition) is 1. The number of nitro groups is 1. The van der Waals surface area contributed by atoms with Crippen LogP contribution in [0.5, 0.6) is 0 Å². The highest BCUT2D eigenvalue weighted by molar-refractivity contribution is 7.99. The first-order valence-corrected chi connectivity index (χ1v) is 12.3. The Bertz CT molecular complexity index is 1530. The summed E-state index contributed by atoms with van der Waals surface area (Å²) in [5, 5.41) is 23.3. The van der Waals surface area contributed by atoms with E-state index in [1.165, 1.54) is 23.9 Å². The van der Waals surface area contributed by atoms with Crippen molar-refractivity contribution in [3.8, 4) is 11.8 Å². The van der Waals surface area contributed by atoms with Crippen molar-refractivity contribution in [2.75, 3.05) is 5.32 Å². The van der Waals surface area contributed by atoms with Crippen molar-refractivity contribution < 1.29 is 9.72 Å². The number of carbonyl (C=O) groups is 1. The van der Waals surface area contributed by atoms with Gasteiger partial charge in [-0.2, -0.15) is 5.26 Å². The Kier molecular flexibility index (Phi) is 7.56. The summed E-state index contributed by atoms with van der Waals surface area (Å²) >= 11 is 1.52. The molecule has 0 aliphatic rings. The van der Waals surface area contributed by atoms with Gasteiger partial charge in [-0.1, -0.05) is 29.5 Å². The lowest BCUT2D eigenvalue weighted by Gasteiger charge is -2.11. The van der Waals surface area contributed by atoms with Crippen molar-refractivity contribution in [3.05, 3.63) is 117 Å². The first kappa shape index (κ1) is 25.5. The average molecular weight is 509 g/mol. The number of nitrogens with one attached hydrogen (secondary N) is 1. The molecule has 1 aromatic heterocycles. The molecule has 0 saturated carbocycles. The zero-order chi connectivity index (χ0) is 26.5. The molecule has 0 aliphatic heterocycles. The maximum Gasteiger partial charge on any atom is 0.269 e. The number of benzene rings is 3. The van der Waals surface area contributed by atoms with E-state index in [4.69, 9.17) is 0 Å². The Morgan fingerprint density at radius 3 is 2.14 bits per heavy atom. The van der Waals surface area contributed by atoms with Gasteiger partial charge in [-0.25, -0.2) is 0 Å². The SMILES string of the molecule is Cc1ccc(NC(=O)/C(C#N)=C\c2cc(C)n(-c3ccc(Sc4ccc([N+](=O)[O-])cc4)cc3)c2C)cc1. The Labute approximate surface area is 219 Å². The van der Waals surface area contributed by atoms with E-state index < -0.39 is 10.8 Å². The van der Waals surface area contributed by atoms with Crippen molar-refractivity contribution in [3.63, 3.8) is 0 Å². The minimum Gasteiger partial charge on any atom is -0.321 e. The van der Waals surface area contributed by atoms with Crippen LogP contribution in [0.15, 0.2) is 94.2 Å². The predicted octanol–water partition coefficient (Wildman–Crippen LogP) is 7.01. The van der Waals surface area contributed by atoms with E-state index >= 15 is 0 Å². The van der Waals surface area contributed by atoms with Crippen molar-refractivity contribution >= 4 is 35.1 Å². The molecule has 0 saturated heterocycles. The zero-order valence-electron chi connectivity index (χ0n) is 20.6. The van der Waals surface area contributed by atoms with Gasteiger partial charge in [0.1, 0.15) is 11.6 Å². The molecule has 0 radical (unpaired) electrons. The lowest BCUT2D eigenvalue weighted by molar-refractivity contribution is -0.384. The Balaban J connectivity index is 1.53. The minimum absolute atomic E-state index is 0.0238. The number of aromatic nitrogens is 1. The number of nitriles is 1. The fourth-order valence-corrected chi connectivity index (χ4v) is 4.72. The lowest BCUT2D eigenvalue weighted by atomic mass is 10.1. The van der Waals surface area contributed by atoms with Crippen LogP contribution in [0.4, 0.5) is 11.4 Å². The summed E-state index contributed by atoms with van der Waals surface area (Å²) < 4.78 is 2.07. The fraction of sp³-hybridized carbons (Fsp3) is 0.103. The maximum atomic E-state index is 12.7. The van der Waals surface area contributed by atoms with Crippen LogP contribution in [0.25, 0.3) is 11.8 Å². The number of anilines is 1. The van der Waals surface area contributed by atoms with E-state index in [0.29, 0.717) is 5.69 Å². The normalized spacial score (nSPS) is 11.1. The molecule has 4 rings (SSSR count). The molecule has 3 aromatic carbocycles. The molecule has 4 aromatic rings. The van der Waals surface area contributed by atoms with Crippen molar-refractivity contribution in [1.82, 2.24) is 4.57 Å². The molecule has 0 atom stereocenters. The summed E-state index contributed by atoms with van der Waals surface area (Å²) in [4.78, 5) is 25.0. The van der Waals surface area contributed by atoms with E-state index in [0.717, 1.165) is 38.0 Å². The highest BCUT2D eigenvalue weighted by Gasteiger charge is 2.14.